The average Bonchev–Trinajstić information content (AvgIpc) is 2.91. The van der Waals surface area contributed by atoms with Crippen molar-refractivity contribution in [3.8, 4) is 12.3 Å². The lowest BCUT2D eigenvalue weighted by molar-refractivity contribution is 0.582. The Morgan fingerprint density at radius 3 is 2.95 bits per heavy atom. The van der Waals surface area contributed by atoms with E-state index in [1.54, 1.807) is 18.2 Å². The van der Waals surface area contributed by atoms with Gasteiger partial charge in [0.25, 0.3) is 0 Å². The molecule has 0 atom stereocenters. The lowest BCUT2D eigenvalue weighted by atomic mass is 10.2. The fourth-order valence-corrected chi connectivity index (χ4v) is 1.95. The van der Waals surface area contributed by atoms with Crippen LogP contribution in [0.3, 0.4) is 0 Å². The van der Waals surface area contributed by atoms with E-state index in [-0.39, 0.29) is 12.4 Å². The Hall–Kier alpha value is -3.01. The lowest BCUT2D eigenvalue weighted by Crippen LogP contribution is -2.05. The first-order chi connectivity index (χ1) is 10.3. The van der Waals surface area contributed by atoms with Crippen LogP contribution in [0.4, 0.5) is 10.2 Å². The average molecular weight is 282 g/mol. The highest BCUT2D eigenvalue weighted by Gasteiger charge is 2.12. The Balaban J connectivity index is 1.98. The van der Waals surface area contributed by atoms with Gasteiger partial charge in [-0.05, 0) is 6.07 Å². The van der Waals surface area contributed by atoms with Gasteiger partial charge in [-0.2, -0.15) is 0 Å². The monoisotopic (exact) mass is 282 g/mol. The lowest BCUT2D eigenvalue weighted by Gasteiger charge is -2.04. The summed E-state index contributed by atoms with van der Waals surface area (Å²) >= 11 is 0. The van der Waals surface area contributed by atoms with Crippen LogP contribution >= 0.6 is 0 Å². The molecule has 1 aromatic carbocycles. The molecule has 0 unspecified atom stereocenters. The van der Waals surface area contributed by atoms with Gasteiger partial charge in [0.05, 0.1) is 13.1 Å². The highest BCUT2D eigenvalue weighted by molar-refractivity contribution is 5.81. The van der Waals surface area contributed by atoms with Crippen LogP contribution in [-0.4, -0.2) is 31.5 Å². The molecule has 0 radical (unpaired) electrons. The van der Waals surface area contributed by atoms with Gasteiger partial charge in [0, 0.05) is 5.56 Å². The second-order valence-corrected chi connectivity index (χ2v) is 4.29. The zero-order chi connectivity index (χ0) is 14.7. The zero-order valence-corrected chi connectivity index (χ0v) is 11.0. The van der Waals surface area contributed by atoms with E-state index in [4.69, 9.17) is 6.42 Å². The summed E-state index contributed by atoms with van der Waals surface area (Å²) in [7, 11) is 0. The van der Waals surface area contributed by atoms with Gasteiger partial charge < -0.3 is 5.32 Å². The molecule has 104 valence electrons. The number of fused-ring (bicyclic) bond motifs is 1. The maximum Gasteiger partial charge on any atom is 0.184 e. The normalized spacial score (nSPS) is 10.5. The molecular weight excluding hydrogens is 271 g/mol. The summed E-state index contributed by atoms with van der Waals surface area (Å²) in [5, 5.41) is 11.0. The third kappa shape index (κ3) is 2.51. The molecule has 7 heteroatoms. The molecule has 6 nitrogen and oxygen atoms in total. The molecule has 0 aliphatic rings. The van der Waals surface area contributed by atoms with Crippen molar-refractivity contribution in [3.05, 3.63) is 42.0 Å². The van der Waals surface area contributed by atoms with Crippen molar-refractivity contribution in [1.29, 1.82) is 0 Å². The third-order valence-corrected chi connectivity index (χ3v) is 2.94. The second-order valence-electron chi connectivity index (χ2n) is 4.29. The molecule has 21 heavy (non-hydrogen) atoms. The van der Waals surface area contributed by atoms with Crippen LogP contribution in [0.1, 0.15) is 5.56 Å². The first kappa shape index (κ1) is 13.0. The minimum Gasteiger partial charge on any atom is -0.357 e. The van der Waals surface area contributed by atoms with Crippen molar-refractivity contribution in [2.24, 2.45) is 0 Å². The summed E-state index contributed by atoms with van der Waals surface area (Å²) < 4.78 is 15.2. The van der Waals surface area contributed by atoms with Crippen LogP contribution in [0.2, 0.25) is 0 Å². The number of rotatable bonds is 4. The fourth-order valence-electron chi connectivity index (χ4n) is 1.95. The summed E-state index contributed by atoms with van der Waals surface area (Å²) in [5.41, 5.74) is 1.54. The number of halogens is 1. The molecule has 0 amide bonds. The number of terminal acetylenes is 1. The van der Waals surface area contributed by atoms with E-state index < -0.39 is 0 Å². The quantitative estimate of drug-likeness (QED) is 0.734. The second kappa shape index (κ2) is 5.54. The zero-order valence-electron chi connectivity index (χ0n) is 11.0. The van der Waals surface area contributed by atoms with Gasteiger partial charge in [-0.15, -0.1) is 11.5 Å². The van der Waals surface area contributed by atoms with Crippen LogP contribution in [0, 0.1) is 18.2 Å². The van der Waals surface area contributed by atoms with Gasteiger partial charge in [-0.1, -0.05) is 29.3 Å². The van der Waals surface area contributed by atoms with E-state index in [9.17, 15) is 4.39 Å². The van der Waals surface area contributed by atoms with E-state index in [1.165, 1.54) is 17.1 Å². The summed E-state index contributed by atoms with van der Waals surface area (Å²) in [6.07, 6.45) is 6.60. The molecule has 1 N–H and O–H groups in total. The van der Waals surface area contributed by atoms with Gasteiger partial charge in [-0.25, -0.2) is 19.0 Å². The Morgan fingerprint density at radius 1 is 1.29 bits per heavy atom. The molecule has 0 aliphatic carbocycles. The third-order valence-electron chi connectivity index (χ3n) is 2.94. The Morgan fingerprint density at radius 2 is 2.14 bits per heavy atom. The first-order valence-corrected chi connectivity index (χ1v) is 6.24. The van der Waals surface area contributed by atoms with E-state index in [0.717, 1.165) is 0 Å². The van der Waals surface area contributed by atoms with Gasteiger partial charge in [0.15, 0.2) is 17.0 Å². The maximum absolute atomic E-state index is 13.7. The first-order valence-electron chi connectivity index (χ1n) is 6.24. The highest BCUT2D eigenvalue weighted by Crippen LogP contribution is 2.17. The van der Waals surface area contributed by atoms with Crippen LogP contribution in [-0.2, 0) is 6.54 Å². The van der Waals surface area contributed by atoms with Gasteiger partial charge in [0.1, 0.15) is 12.1 Å². The standard InChI is InChI=1S/C14H11FN6/c1-2-7-16-13-12-14(18-9-17-13)21(20-19-12)8-10-5-3-4-6-11(10)15/h1,3-6,9H,7-8H2,(H,16,17,18). The molecule has 3 rings (SSSR count). The molecular formula is C14H11FN6. The minimum atomic E-state index is -0.291. The highest BCUT2D eigenvalue weighted by atomic mass is 19.1. The van der Waals surface area contributed by atoms with Crippen molar-refractivity contribution >= 4 is 17.0 Å². The van der Waals surface area contributed by atoms with E-state index in [1.807, 2.05) is 0 Å². The number of nitrogens with one attached hydrogen (secondary N) is 1. The van der Waals surface area contributed by atoms with Crippen LogP contribution < -0.4 is 5.32 Å². The van der Waals surface area contributed by atoms with E-state index in [2.05, 4.69) is 31.5 Å². The van der Waals surface area contributed by atoms with Crippen molar-refractivity contribution in [3.63, 3.8) is 0 Å². The largest absolute Gasteiger partial charge is 0.357 e. The predicted molar refractivity (Wildman–Crippen MR) is 75.9 cm³/mol. The number of nitrogens with zero attached hydrogens (tertiary/aromatic N) is 5. The van der Waals surface area contributed by atoms with Gasteiger partial charge in [-0.3, -0.25) is 0 Å². The number of aromatic nitrogens is 5. The Labute approximate surface area is 120 Å². The number of benzene rings is 1. The summed E-state index contributed by atoms with van der Waals surface area (Å²) in [4.78, 5) is 8.22. The Kier molecular flexibility index (Phi) is 3.43. The topological polar surface area (TPSA) is 68.5 Å². The molecule has 0 bridgehead atoms. The van der Waals surface area contributed by atoms with E-state index >= 15 is 0 Å². The van der Waals surface area contributed by atoms with Crippen molar-refractivity contribution < 1.29 is 4.39 Å². The summed E-state index contributed by atoms with van der Waals surface area (Å²) in [5.74, 6) is 2.68. The maximum atomic E-state index is 13.7. The van der Waals surface area contributed by atoms with Crippen LogP contribution in [0.25, 0.3) is 11.2 Å². The smallest absolute Gasteiger partial charge is 0.184 e. The molecule has 0 saturated carbocycles. The fraction of sp³-hybridized carbons (Fsp3) is 0.143. The van der Waals surface area contributed by atoms with Crippen molar-refractivity contribution in [2.45, 2.75) is 6.54 Å². The summed E-state index contributed by atoms with van der Waals surface area (Å²) in [6, 6.07) is 6.51. The molecule has 3 aromatic rings. The van der Waals surface area contributed by atoms with Crippen LogP contribution in [0.15, 0.2) is 30.6 Å². The molecule has 0 fully saturated rings. The number of hydrogen-bond acceptors (Lipinski definition) is 5. The summed E-state index contributed by atoms with van der Waals surface area (Å²) in [6.45, 7) is 0.570. The van der Waals surface area contributed by atoms with Crippen LogP contribution in [0.5, 0.6) is 0 Å². The molecule has 0 aliphatic heterocycles. The number of hydrogen-bond donors (Lipinski definition) is 1. The minimum absolute atomic E-state index is 0.245. The van der Waals surface area contributed by atoms with Crippen molar-refractivity contribution in [2.75, 3.05) is 11.9 Å². The molecule has 2 aromatic heterocycles. The van der Waals surface area contributed by atoms with Crippen molar-refractivity contribution in [1.82, 2.24) is 25.0 Å². The Bertz CT molecular complexity index is 820. The SMILES string of the molecule is C#CCNc1ncnc2c1nnn2Cc1ccccc1F. The molecule has 2 heterocycles. The molecule has 0 saturated heterocycles. The van der Waals surface area contributed by atoms with E-state index in [0.29, 0.717) is 29.1 Å². The van der Waals surface area contributed by atoms with Gasteiger partial charge in [0.2, 0.25) is 0 Å². The predicted octanol–water partition coefficient (Wildman–Crippen LogP) is 1.45. The molecule has 0 spiro atoms. The number of anilines is 1. The van der Waals surface area contributed by atoms with Gasteiger partial charge >= 0.3 is 0 Å².